The summed E-state index contributed by atoms with van der Waals surface area (Å²) in [5, 5.41) is 11.9. The highest BCUT2D eigenvalue weighted by atomic mass is 16.5. The first-order valence-corrected chi connectivity index (χ1v) is 6.52. The van der Waals surface area contributed by atoms with Crippen LogP contribution in [0.4, 0.5) is 0 Å². The number of amides is 1. The van der Waals surface area contributed by atoms with E-state index in [-0.39, 0.29) is 17.8 Å². The molecule has 1 saturated carbocycles. The number of carbonyl (C=O) groups excluding carboxylic acids is 1. The van der Waals surface area contributed by atoms with Gasteiger partial charge in [-0.2, -0.15) is 0 Å². The van der Waals surface area contributed by atoms with Gasteiger partial charge in [-0.3, -0.25) is 4.79 Å². The summed E-state index contributed by atoms with van der Waals surface area (Å²) in [5.41, 5.74) is 4.96. The first-order valence-electron chi connectivity index (χ1n) is 6.52. The molecule has 6 heteroatoms. The van der Waals surface area contributed by atoms with Crippen molar-refractivity contribution in [3.8, 4) is 0 Å². The van der Waals surface area contributed by atoms with Crippen LogP contribution in [0.2, 0.25) is 0 Å². The highest BCUT2D eigenvalue weighted by Crippen LogP contribution is 2.43. The maximum atomic E-state index is 12.7. The summed E-state index contributed by atoms with van der Waals surface area (Å²) in [6.45, 7) is 3.78. The van der Waals surface area contributed by atoms with Crippen molar-refractivity contribution in [1.82, 2.24) is 4.90 Å². The van der Waals surface area contributed by atoms with Gasteiger partial charge in [-0.1, -0.05) is 18.5 Å². The lowest BCUT2D eigenvalue weighted by molar-refractivity contribution is -0.151. The number of rotatable bonds is 3. The Morgan fingerprint density at radius 1 is 1.61 bits per heavy atom. The molecule has 0 bridgehead atoms. The third kappa shape index (κ3) is 1.94. The van der Waals surface area contributed by atoms with Gasteiger partial charge in [0, 0.05) is 6.54 Å². The second-order valence-electron chi connectivity index (χ2n) is 5.06. The molecule has 2 rings (SSSR count). The number of ether oxygens (including phenoxy) is 1. The monoisotopic (exact) mass is 255 g/mol. The summed E-state index contributed by atoms with van der Waals surface area (Å²) in [5.74, 6) is 0.0549. The lowest BCUT2D eigenvalue weighted by atomic mass is 9.66. The summed E-state index contributed by atoms with van der Waals surface area (Å²) in [7, 11) is 0. The number of carbonyl (C=O) groups is 1. The van der Waals surface area contributed by atoms with E-state index in [1.54, 1.807) is 0 Å². The first-order chi connectivity index (χ1) is 8.65. The van der Waals surface area contributed by atoms with E-state index < -0.39 is 5.41 Å². The van der Waals surface area contributed by atoms with Crippen LogP contribution in [0.3, 0.4) is 0 Å². The van der Waals surface area contributed by atoms with Crippen LogP contribution in [-0.2, 0) is 9.53 Å². The Labute approximate surface area is 107 Å². The van der Waals surface area contributed by atoms with Crippen molar-refractivity contribution in [3.63, 3.8) is 0 Å². The quantitative estimate of drug-likeness (QED) is 0.333. The van der Waals surface area contributed by atoms with Gasteiger partial charge < -0.3 is 20.6 Å². The van der Waals surface area contributed by atoms with E-state index in [1.165, 1.54) is 0 Å². The zero-order valence-corrected chi connectivity index (χ0v) is 10.8. The van der Waals surface area contributed by atoms with Gasteiger partial charge in [0.15, 0.2) is 5.84 Å². The number of oxime groups is 1. The minimum Gasteiger partial charge on any atom is -0.409 e. The molecule has 2 fully saturated rings. The Kier molecular flexibility index (Phi) is 3.75. The molecule has 2 aliphatic rings. The molecule has 18 heavy (non-hydrogen) atoms. The van der Waals surface area contributed by atoms with Gasteiger partial charge in [-0.05, 0) is 19.3 Å². The predicted octanol–water partition coefficient (Wildman–Crippen LogP) is 0.540. The Balaban J connectivity index is 2.18. The van der Waals surface area contributed by atoms with Crippen LogP contribution in [-0.4, -0.2) is 47.7 Å². The molecule has 1 amide bonds. The average Bonchev–Trinajstić information content (AvgIpc) is 2.36. The lowest BCUT2D eigenvalue weighted by Crippen LogP contribution is -2.59. The molecule has 1 aliphatic heterocycles. The van der Waals surface area contributed by atoms with E-state index in [1.807, 2.05) is 11.8 Å². The van der Waals surface area contributed by atoms with Crippen molar-refractivity contribution in [3.05, 3.63) is 0 Å². The largest absolute Gasteiger partial charge is 0.409 e. The Bertz CT molecular complexity index is 352. The second kappa shape index (κ2) is 5.14. The molecule has 1 aliphatic carbocycles. The van der Waals surface area contributed by atoms with Gasteiger partial charge in [-0.25, -0.2) is 0 Å². The van der Waals surface area contributed by atoms with E-state index in [4.69, 9.17) is 15.7 Å². The molecule has 0 radical (unpaired) electrons. The van der Waals surface area contributed by atoms with Gasteiger partial charge >= 0.3 is 0 Å². The van der Waals surface area contributed by atoms with E-state index in [0.29, 0.717) is 32.6 Å². The lowest BCUT2D eigenvalue weighted by Gasteiger charge is -2.45. The molecule has 1 saturated heterocycles. The third-order valence-corrected chi connectivity index (χ3v) is 4.17. The summed E-state index contributed by atoms with van der Waals surface area (Å²) in [6.07, 6.45) is 3.16. The minimum atomic E-state index is -0.764. The molecule has 102 valence electrons. The van der Waals surface area contributed by atoms with Crippen molar-refractivity contribution in [1.29, 1.82) is 0 Å². The molecular formula is C12H21N3O3. The highest BCUT2D eigenvalue weighted by Gasteiger charge is 2.51. The number of morpholine rings is 1. The van der Waals surface area contributed by atoms with E-state index in [0.717, 1.165) is 12.8 Å². The smallest absolute Gasteiger partial charge is 0.236 e. The van der Waals surface area contributed by atoms with Gasteiger partial charge in [0.1, 0.15) is 5.41 Å². The van der Waals surface area contributed by atoms with Crippen molar-refractivity contribution in [2.24, 2.45) is 16.3 Å². The molecule has 0 spiro atoms. The number of nitrogens with zero attached hydrogens (tertiary/aromatic N) is 2. The van der Waals surface area contributed by atoms with Crippen LogP contribution in [0.5, 0.6) is 0 Å². The highest BCUT2D eigenvalue weighted by molar-refractivity contribution is 6.07. The number of nitrogens with two attached hydrogens (primary N) is 1. The van der Waals surface area contributed by atoms with E-state index in [9.17, 15) is 4.79 Å². The molecule has 1 heterocycles. The summed E-state index contributed by atoms with van der Waals surface area (Å²) >= 11 is 0. The SMILES string of the molecule is CCC1COCCN1C(=O)C1(C(N)=NO)CCC1. The number of hydrogen-bond acceptors (Lipinski definition) is 4. The first kappa shape index (κ1) is 13.1. The van der Waals surface area contributed by atoms with Crippen LogP contribution in [0.15, 0.2) is 5.16 Å². The fraction of sp³-hybridized carbons (Fsp3) is 0.833. The van der Waals surface area contributed by atoms with Crippen LogP contribution in [0.25, 0.3) is 0 Å². The molecule has 1 atom stereocenters. The fourth-order valence-electron chi connectivity index (χ4n) is 2.74. The standard InChI is InChI=1S/C12H21N3O3/c1-2-9-8-18-7-6-15(9)11(16)12(4-3-5-12)10(13)14-17/h9,17H,2-8H2,1H3,(H2,13,14). The normalized spacial score (nSPS) is 27.7. The molecule has 3 N–H and O–H groups in total. The topological polar surface area (TPSA) is 88.2 Å². The van der Waals surface area contributed by atoms with Gasteiger partial charge in [-0.15, -0.1) is 0 Å². The fourth-order valence-corrected chi connectivity index (χ4v) is 2.74. The second-order valence-corrected chi connectivity index (χ2v) is 5.06. The number of hydrogen-bond donors (Lipinski definition) is 2. The maximum absolute atomic E-state index is 12.7. The minimum absolute atomic E-state index is 0.000741. The van der Waals surface area contributed by atoms with E-state index >= 15 is 0 Å². The van der Waals surface area contributed by atoms with Crippen molar-refractivity contribution < 1.29 is 14.7 Å². The molecule has 0 aromatic heterocycles. The van der Waals surface area contributed by atoms with E-state index in [2.05, 4.69) is 5.16 Å². The molecule has 0 aromatic carbocycles. The van der Waals surface area contributed by atoms with Gasteiger partial charge in [0.2, 0.25) is 5.91 Å². The Hall–Kier alpha value is -1.30. The Morgan fingerprint density at radius 2 is 2.33 bits per heavy atom. The van der Waals surface area contributed by atoms with Crippen LogP contribution < -0.4 is 5.73 Å². The van der Waals surface area contributed by atoms with Crippen LogP contribution >= 0.6 is 0 Å². The maximum Gasteiger partial charge on any atom is 0.236 e. The van der Waals surface area contributed by atoms with Crippen LogP contribution in [0.1, 0.15) is 32.6 Å². The third-order valence-electron chi connectivity index (χ3n) is 4.17. The summed E-state index contributed by atoms with van der Waals surface area (Å²) < 4.78 is 5.40. The predicted molar refractivity (Wildman–Crippen MR) is 66.3 cm³/mol. The molecule has 6 nitrogen and oxygen atoms in total. The van der Waals surface area contributed by atoms with Gasteiger partial charge in [0.05, 0.1) is 19.3 Å². The summed E-state index contributed by atoms with van der Waals surface area (Å²) in [4.78, 5) is 14.5. The van der Waals surface area contributed by atoms with Crippen molar-refractivity contribution in [2.45, 2.75) is 38.6 Å². The van der Waals surface area contributed by atoms with Crippen molar-refractivity contribution in [2.75, 3.05) is 19.8 Å². The zero-order chi connectivity index (χ0) is 13.2. The molecule has 0 aromatic rings. The number of amidine groups is 1. The zero-order valence-electron chi connectivity index (χ0n) is 10.8. The summed E-state index contributed by atoms with van der Waals surface area (Å²) in [6, 6.07) is 0.107. The van der Waals surface area contributed by atoms with Gasteiger partial charge in [0.25, 0.3) is 0 Å². The molecular weight excluding hydrogens is 234 g/mol. The van der Waals surface area contributed by atoms with Crippen LogP contribution in [0, 0.1) is 5.41 Å². The Morgan fingerprint density at radius 3 is 2.83 bits per heavy atom. The molecule has 1 unspecified atom stereocenters. The van der Waals surface area contributed by atoms with Crippen molar-refractivity contribution >= 4 is 11.7 Å². The average molecular weight is 255 g/mol.